The Bertz CT molecular complexity index is 696. The third-order valence-corrected chi connectivity index (χ3v) is 4.36. The summed E-state index contributed by atoms with van der Waals surface area (Å²) in [4.78, 5) is 18.2. The summed E-state index contributed by atoms with van der Waals surface area (Å²) >= 11 is 0. The lowest BCUT2D eigenvalue weighted by molar-refractivity contribution is -0.153. The number of hydrogen-bond acceptors (Lipinski definition) is 4. The molecule has 0 radical (unpaired) electrons. The molecule has 6 nitrogen and oxygen atoms in total. The van der Waals surface area contributed by atoms with E-state index >= 15 is 0 Å². The Balaban J connectivity index is 1.74. The fraction of sp³-hybridized carbons (Fsp3) is 0.600. The molecule has 1 aliphatic rings. The highest BCUT2D eigenvalue weighted by Gasteiger charge is 2.21. The van der Waals surface area contributed by atoms with Crippen LogP contribution in [0.1, 0.15) is 39.2 Å². The first-order valence-electron chi connectivity index (χ1n) is 9.51. The summed E-state index contributed by atoms with van der Waals surface area (Å²) in [7, 11) is 1.66. The zero-order valence-corrected chi connectivity index (χ0v) is 17.0. The topological polar surface area (TPSA) is 66.0 Å². The van der Waals surface area contributed by atoms with Crippen molar-refractivity contribution in [3.05, 3.63) is 35.4 Å². The zero-order chi connectivity index (χ0) is 20.7. The van der Waals surface area contributed by atoms with E-state index in [1.807, 2.05) is 20.8 Å². The number of nitrogens with zero attached hydrogens (tertiary/aromatic N) is 2. The highest BCUT2D eigenvalue weighted by atomic mass is 19.2. The second-order valence-corrected chi connectivity index (χ2v) is 7.96. The van der Waals surface area contributed by atoms with Gasteiger partial charge in [-0.1, -0.05) is 6.07 Å². The molecule has 1 heterocycles. The van der Waals surface area contributed by atoms with Crippen LogP contribution in [0.3, 0.4) is 0 Å². The van der Waals surface area contributed by atoms with E-state index in [-0.39, 0.29) is 18.6 Å². The predicted octanol–water partition coefficient (Wildman–Crippen LogP) is 2.44. The number of esters is 1. The van der Waals surface area contributed by atoms with Gasteiger partial charge in [0.1, 0.15) is 12.1 Å². The molecule has 0 unspecified atom stereocenters. The number of hydrogen-bond donors (Lipinski definition) is 2. The summed E-state index contributed by atoms with van der Waals surface area (Å²) in [5, 5.41) is 6.29. The van der Waals surface area contributed by atoms with Gasteiger partial charge < -0.3 is 15.4 Å². The van der Waals surface area contributed by atoms with E-state index in [0.29, 0.717) is 12.5 Å². The molecule has 1 saturated heterocycles. The van der Waals surface area contributed by atoms with Crippen molar-refractivity contribution in [2.75, 3.05) is 26.7 Å². The first kappa shape index (κ1) is 22.1. The summed E-state index contributed by atoms with van der Waals surface area (Å²) < 4.78 is 31.6. The molecule has 156 valence electrons. The molecule has 0 aromatic heterocycles. The van der Waals surface area contributed by atoms with Gasteiger partial charge in [-0.05, 0) is 51.3 Å². The van der Waals surface area contributed by atoms with E-state index < -0.39 is 17.2 Å². The predicted molar refractivity (Wildman–Crippen MR) is 105 cm³/mol. The van der Waals surface area contributed by atoms with Gasteiger partial charge in [0.25, 0.3) is 0 Å². The number of carbonyl (C=O) groups excluding carboxylic acids is 1. The molecule has 1 aromatic rings. The van der Waals surface area contributed by atoms with Crippen molar-refractivity contribution in [2.45, 2.75) is 51.8 Å². The molecular formula is C20H30F2N4O2. The number of benzene rings is 1. The maximum Gasteiger partial charge on any atom is 0.325 e. The van der Waals surface area contributed by atoms with Crippen molar-refractivity contribution in [1.29, 1.82) is 0 Å². The van der Waals surface area contributed by atoms with Crippen molar-refractivity contribution in [3.8, 4) is 0 Å². The van der Waals surface area contributed by atoms with Crippen LogP contribution in [0.2, 0.25) is 0 Å². The molecule has 0 bridgehead atoms. The summed E-state index contributed by atoms with van der Waals surface area (Å²) in [6.07, 6.45) is 1.77. The van der Waals surface area contributed by atoms with Crippen molar-refractivity contribution < 1.29 is 18.3 Å². The molecule has 8 heteroatoms. The fourth-order valence-electron chi connectivity index (χ4n) is 3.05. The second-order valence-electron chi connectivity index (χ2n) is 7.96. The first-order chi connectivity index (χ1) is 13.2. The molecule has 0 amide bonds. The SMILES string of the molecule is CN=C(NCC(=O)OC(C)(C)C)NC1CCN(Cc2ccc(F)c(F)c2)CC1. The van der Waals surface area contributed by atoms with Gasteiger partial charge in [-0.25, -0.2) is 8.78 Å². The van der Waals surface area contributed by atoms with Gasteiger partial charge in [-0.2, -0.15) is 0 Å². The van der Waals surface area contributed by atoms with Crippen molar-refractivity contribution in [1.82, 2.24) is 15.5 Å². The minimum atomic E-state index is -0.822. The minimum Gasteiger partial charge on any atom is -0.459 e. The Labute approximate surface area is 165 Å². The maximum absolute atomic E-state index is 13.3. The molecule has 0 aliphatic carbocycles. The van der Waals surface area contributed by atoms with Gasteiger partial charge in [-0.3, -0.25) is 14.7 Å². The normalized spacial score (nSPS) is 16.7. The number of carbonyl (C=O) groups is 1. The van der Waals surface area contributed by atoms with Crippen LogP contribution in [0.4, 0.5) is 8.78 Å². The second kappa shape index (κ2) is 9.82. The van der Waals surface area contributed by atoms with Gasteiger partial charge in [0.05, 0.1) is 0 Å². The third-order valence-electron chi connectivity index (χ3n) is 4.36. The molecule has 0 spiro atoms. The highest BCUT2D eigenvalue weighted by Crippen LogP contribution is 2.16. The maximum atomic E-state index is 13.3. The third kappa shape index (κ3) is 7.42. The van der Waals surface area contributed by atoms with E-state index in [1.54, 1.807) is 13.1 Å². The van der Waals surface area contributed by atoms with Gasteiger partial charge in [-0.15, -0.1) is 0 Å². The highest BCUT2D eigenvalue weighted by molar-refractivity contribution is 5.84. The van der Waals surface area contributed by atoms with Crippen LogP contribution in [0.25, 0.3) is 0 Å². The average Bonchev–Trinajstić information content (AvgIpc) is 2.61. The number of rotatable bonds is 5. The molecular weight excluding hydrogens is 366 g/mol. The van der Waals surface area contributed by atoms with Crippen LogP contribution in [0.15, 0.2) is 23.2 Å². The Morgan fingerprint density at radius 2 is 1.93 bits per heavy atom. The number of likely N-dealkylation sites (tertiary alicyclic amines) is 1. The van der Waals surface area contributed by atoms with E-state index in [1.165, 1.54) is 12.1 Å². The lowest BCUT2D eigenvalue weighted by atomic mass is 10.0. The molecule has 0 atom stereocenters. The number of piperidine rings is 1. The van der Waals surface area contributed by atoms with Crippen molar-refractivity contribution in [2.24, 2.45) is 4.99 Å². The minimum absolute atomic E-state index is 0.0475. The van der Waals surface area contributed by atoms with E-state index in [0.717, 1.165) is 31.5 Å². The molecule has 2 N–H and O–H groups in total. The van der Waals surface area contributed by atoms with Gasteiger partial charge in [0, 0.05) is 32.7 Å². The summed E-state index contributed by atoms with van der Waals surface area (Å²) in [6.45, 7) is 7.78. The number of aliphatic imine (C=N–C) groups is 1. The van der Waals surface area contributed by atoms with Gasteiger partial charge in [0.2, 0.25) is 0 Å². The Morgan fingerprint density at radius 1 is 1.25 bits per heavy atom. The Kier molecular flexibility index (Phi) is 7.74. The number of halogens is 2. The number of nitrogens with one attached hydrogen (secondary N) is 2. The molecule has 1 aliphatic heterocycles. The van der Waals surface area contributed by atoms with E-state index in [2.05, 4.69) is 20.5 Å². The number of guanidine groups is 1. The van der Waals surface area contributed by atoms with Crippen LogP contribution < -0.4 is 10.6 Å². The summed E-state index contributed by atoms with van der Waals surface area (Å²) in [5.41, 5.74) is 0.246. The van der Waals surface area contributed by atoms with Crippen LogP contribution >= 0.6 is 0 Å². The Hall–Kier alpha value is -2.22. The quantitative estimate of drug-likeness (QED) is 0.455. The smallest absolute Gasteiger partial charge is 0.325 e. The lowest BCUT2D eigenvalue weighted by Crippen LogP contribution is -2.49. The zero-order valence-electron chi connectivity index (χ0n) is 17.0. The monoisotopic (exact) mass is 396 g/mol. The Morgan fingerprint density at radius 3 is 2.50 bits per heavy atom. The van der Waals surface area contributed by atoms with Gasteiger partial charge >= 0.3 is 5.97 Å². The lowest BCUT2D eigenvalue weighted by Gasteiger charge is -2.33. The average molecular weight is 396 g/mol. The van der Waals surface area contributed by atoms with Crippen molar-refractivity contribution in [3.63, 3.8) is 0 Å². The van der Waals surface area contributed by atoms with Crippen LogP contribution in [0, 0.1) is 11.6 Å². The van der Waals surface area contributed by atoms with E-state index in [9.17, 15) is 13.6 Å². The van der Waals surface area contributed by atoms with Gasteiger partial charge in [0.15, 0.2) is 17.6 Å². The number of ether oxygens (including phenoxy) is 1. The molecule has 1 aromatic carbocycles. The first-order valence-corrected chi connectivity index (χ1v) is 9.51. The molecule has 1 fully saturated rings. The van der Waals surface area contributed by atoms with Crippen LogP contribution in [-0.2, 0) is 16.1 Å². The largest absolute Gasteiger partial charge is 0.459 e. The fourth-order valence-corrected chi connectivity index (χ4v) is 3.05. The standard InChI is InChI=1S/C20H30F2N4O2/c1-20(2,3)28-18(27)12-24-19(23-4)25-15-7-9-26(10-8-15)13-14-5-6-16(21)17(22)11-14/h5-6,11,15H,7-10,12-13H2,1-4H3,(H2,23,24,25). The van der Waals surface area contributed by atoms with E-state index in [4.69, 9.17) is 4.74 Å². The molecule has 2 rings (SSSR count). The summed E-state index contributed by atoms with van der Waals surface area (Å²) in [6, 6.07) is 4.26. The van der Waals surface area contributed by atoms with Crippen molar-refractivity contribution >= 4 is 11.9 Å². The molecule has 28 heavy (non-hydrogen) atoms. The molecule has 0 saturated carbocycles. The summed E-state index contributed by atoms with van der Waals surface area (Å²) in [5.74, 6) is -1.41. The van der Waals surface area contributed by atoms with Crippen LogP contribution in [-0.4, -0.2) is 55.2 Å². The van der Waals surface area contributed by atoms with Crippen LogP contribution in [0.5, 0.6) is 0 Å².